The Morgan fingerprint density at radius 2 is 1.58 bits per heavy atom. The number of nitriles is 1. The number of hydrogen-bond acceptors (Lipinski definition) is 9. The van der Waals surface area contributed by atoms with Crippen molar-refractivity contribution in [1.82, 2.24) is 15.1 Å². The van der Waals surface area contributed by atoms with Crippen molar-refractivity contribution in [2.75, 3.05) is 30.0 Å². The van der Waals surface area contributed by atoms with Gasteiger partial charge in [0.25, 0.3) is 5.91 Å². The summed E-state index contributed by atoms with van der Waals surface area (Å²) >= 11 is 5.53. The van der Waals surface area contributed by atoms with Crippen molar-refractivity contribution in [2.24, 2.45) is 0 Å². The van der Waals surface area contributed by atoms with Crippen LogP contribution in [0.4, 0.5) is 24.5 Å². The highest BCUT2D eigenvalue weighted by atomic mass is 32.1. The number of carbonyl (C=O) groups excluding carboxylic acids is 4. The summed E-state index contributed by atoms with van der Waals surface area (Å²) in [4.78, 5) is 54.0. The topological polar surface area (TPSA) is 166 Å². The van der Waals surface area contributed by atoms with Crippen molar-refractivity contribution >= 4 is 52.3 Å². The van der Waals surface area contributed by atoms with Crippen molar-refractivity contribution in [1.29, 1.82) is 5.26 Å². The number of aliphatic hydroxyl groups excluding tert-OH is 2. The SMILES string of the molecule is CC1(C)C(=O)N(c2ccc(C#N)c(C(F)(F)F)c2)C(=S)N1C1CCCCC1.C[C@@H]1CCC[C@H](C)N1CC(=O)Nc1ccc(C2CCC(=O)NC2=O)cc1.OCCO.[HH].[HH]. The zero-order valence-electron chi connectivity index (χ0n) is 32.9. The molecule has 314 valence electrons. The van der Waals surface area contributed by atoms with Crippen molar-refractivity contribution in [2.45, 2.75) is 128 Å². The molecule has 1 aliphatic carbocycles. The molecular formula is C41H57F3N6O6S. The minimum atomic E-state index is -4.69. The fourth-order valence-corrected chi connectivity index (χ4v) is 8.52. The van der Waals surface area contributed by atoms with E-state index in [-0.39, 0.29) is 62.5 Å². The van der Waals surface area contributed by atoms with E-state index in [2.05, 4.69) is 29.4 Å². The Morgan fingerprint density at radius 3 is 2.12 bits per heavy atom. The van der Waals surface area contributed by atoms with E-state index >= 15 is 0 Å². The van der Waals surface area contributed by atoms with Crippen molar-refractivity contribution in [3.8, 4) is 6.07 Å². The van der Waals surface area contributed by atoms with Crippen molar-refractivity contribution in [3.05, 3.63) is 59.2 Å². The molecule has 3 aliphatic heterocycles. The zero-order valence-corrected chi connectivity index (χ0v) is 33.7. The van der Waals surface area contributed by atoms with Gasteiger partial charge >= 0.3 is 6.18 Å². The number of nitrogens with one attached hydrogen (secondary N) is 2. The third-order valence-corrected chi connectivity index (χ3v) is 11.4. The van der Waals surface area contributed by atoms with Gasteiger partial charge in [0.05, 0.1) is 48.6 Å². The number of alkyl halides is 3. The summed E-state index contributed by atoms with van der Waals surface area (Å²) in [5, 5.41) is 29.8. The minimum Gasteiger partial charge on any atom is -0.394 e. The average molecular weight is 819 g/mol. The molecule has 3 saturated heterocycles. The molecule has 0 bridgehead atoms. The molecule has 4 aliphatic rings. The molecule has 12 nitrogen and oxygen atoms in total. The average Bonchev–Trinajstić information content (AvgIpc) is 3.35. The number of carbonyl (C=O) groups is 4. The summed E-state index contributed by atoms with van der Waals surface area (Å²) in [7, 11) is 0. The lowest BCUT2D eigenvalue weighted by molar-refractivity contribution is -0.138. The van der Waals surface area contributed by atoms with Crippen LogP contribution in [0.25, 0.3) is 0 Å². The molecule has 0 radical (unpaired) electrons. The first-order valence-corrected chi connectivity index (χ1v) is 19.9. The maximum Gasteiger partial charge on any atom is 0.417 e. The number of halogens is 3. The summed E-state index contributed by atoms with van der Waals surface area (Å²) in [6.07, 6.45) is 4.74. The van der Waals surface area contributed by atoms with Crippen LogP contribution in [0.2, 0.25) is 0 Å². The first-order valence-electron chi connectivity index (χ1n) is 19.4. The lowest BCUT2D eigenvalue weighted by Crippen LogP contribution is -2.50. The predicted octanol–water partition coefficient (Wildman–Crippen LogP) is 6.49. The van der Waals surface area contributed by atoms with Gasteiger partial charge in [-0.05, 0) is 108 Å². The molecule has 4 fully saturated rings. The van der Waals surface area contributed by atoms with E-state index in [4.69, 9.17) is 27.7 Å². The molecular weight excluding hydrogens is 762 g/mol. The maximum absolute atomic E-state index is 13.3. The van der Waals surface area contributed by atoms with E-state index in [1.807, 2.05) is 29.2 Å². The normalized spacial score (nSPS) is 22.8. The number of nitrogens with zero attached hydrogens (tertiary/aromatic N) is 4. The Hall–Kier alpha value is -4.43. The van der Waals surface area contributed by atoms with Gasteiger partial charge in [0.1, 0.15) is 5.54 Å². The van der Waals surface area contributed by atoms with E-state index in [1.54, 1.807) is 19.9 Å². The Labute approximate surface area is 340 Å². The summed E-state index contributed by atoms with van der Waals surface area (Å²) in [6.45, 7) is 8.02. The Bertz CT molecular complexity index is 1810. The molecule has 4 N–H and O–H groups in total. The molecule has 1 unspecified atom stereocenters. The number of hydrogen-bond donors (Lipinski definition) is 4. The standard InChI is InChI=1S/C20H27N3O3.C19H20F3N3OS.C2H6O2.2H2/c1-13-4-3-5-14(2)23(13)12-19(25)21-16-8-6-15(7-9-16)17-10-11-18(24)22-20(17)26;1-18(2)16(26)24(17(27)25(18)13-6-4-3-5-7-13)14-9-8-12(11-23)15(10-14)19(20,21)22;3-1-2-4;;/h6-9,13-14,17H,3-5,10-12H2,1-2H3,(H,21,25)(H,22,24,26);8-10,13H,3-7H2,1-2H3;3-4H,1-2H2;2*1H/t13-,14+,17?;;;;. The number of imide groups is 1. The van der Waals surface area contributed by atoms with Crippen LogP contribution in [-0.2, 0) is 25.4 Å². The Morgan fingerprint density at radius 1 is 0.965 bits per heavy atom. The van der Waals surface area contributed by atoms with E-state index in [0.29, 0.717) is 31.5 Å². The van der Waals surface area contributed by atoms with Crippen LogP contribution in [0.1, 0.15) is 117 Å². The fourth-order valence-electron chi connectivity index (χ4n) is 7.96. The first kappa shape index (κ1) is 45.3. The second-order valence-corrected chi connectivity index (χ2v) is 15.8. The summed E-state index contributed by atoms with van der Waals surface area (Å²) in [5.41, 5.74) is -0.831. The number of rotatable bonds is 7. The van der Waals surface area contributed by atoms with E-state index in [9.17, 15) is 32.3 Å². The smallest absolute Gasteiger partial charge is 0.394 e. The third-order valence-electron chi connectivity index (χ3n) is 11.0. The monoisotopic (exact) mass is 818 g/mol. The van der Waals surface area contributed by atoms with E-state index in [0.717, 1.165) is 68.3 Å². The molecule has 57 heavy (non-hydrogen) atoms. The molecule has 4 amide bonds. The second kappa shape index (κ2) is 19.8. The molecule has 0 spiro atoms. The Balaban J connectivity index is 0.000000362. The van der Waals surface area contributed by atoms with Gasteiger partial charge in [-0.15, -0.1) is 0 Å². The summed E-state index contributed by atoms with van der Waals surface area (Å²) < 4.78 is 40.0. The van der Waals surface area contributed by atoms with Gasteiger partial charge in [0.15, 0.2) is 5.11 Å². The second-order valence-electron chi connectivity index (χ2n) is 15.4. The number of likely N-dealkylation sites (tertiary alicyclic amines) is 1. The number of amides is 4. The van der Waals surface area contributed by atoms with E-state index in [1.165, 1.54) is 17.4 Å². The molecule has 2 aromatic rings. The highest BCUT2D eigenvalue weighted by Gasteiger charge is 2.52. The third kappa shape index (κ3) is 11.2. The first-order chi connectivity index (χ1) is 26.9. The van der Waals surface area contributed by atoms with Crippen LogP contribution in [-0.4, -0.2) is 92.2 Å². The highest BCUT2D eigenvalue weighted by molar-refractivity contribution is 7.80. The lowest BCUT2D eigenvalue weighted by Gasteiger charge is -2.39. The molecule has 3 heterocycles. The number of piperidine rings is 2. The van der Waals surface area contributed by atoms with Crippen molar-refractivity contribution < 1.29 is 45.4 Å². The van der Waals surface area contributed by atoms with Gasteiger partial charge in [0.2, 0.25) is 17.7 Å². The maximum atomic E-state index is 13.3. The highest BCUT2D eigenvalue weighted by Crippen LogP contribution is 2.40. The van der Waals surface area contributed by atoms with Crippen LogP contribution in [0.3, 0.4) is 0 Å². The van der Waals surface area contributed by atoms with Crippen LogP contribution < -0.4 is 15.5 Å². The number of thiocarbonyl (C=S) groups is 1. The van der Waals surface area contributed by atoms with Crippen LogP contribution in [0.5, 0.6) is 0 Å². The molecule has 1 saturated carbocycles. The van der Waals surface area contributed by atoms with Gasteiger partial charge < -0.3 is 20.4 Å². The molecule has 6 rings (SSSR count). The summed E-state index contributed by atoms with van der Waals surface area (Å²) in [6, 6.07) is 13.1. The minimum absolute atomic E-state index is 0. The van der Waals surface area contributed by atoms with Gasteiger partial charge in [-0.1, -0.05) is 37.8 Å². The number of aliphatic hydroxyl groups is 2. The lowest BCUT2D eigenvalue weighted by atomic mass is 9.90. The fraction of sp³-hybridized carbons (Fsp3) is 0.561. The number of anilines is 2. The number of benzene rings is 2. The largest absolute Gasteiger partial charge is 0.417 e. The quantitative estimate of drug-likeness (QED) is 0.179. The Kier molecular flexibility index (Phi) is 15.7. The molecule has 3 atom stereocenters. The molecule has 16 heteroatoms. The zero-order chi connectivity index (χ0) is 42.1. The van der Waals surface area contributed by atoms with Gasteiger partial charge in [-0.2, -0.15) is 18.4 Å². The molecule has 0 aromatic heterocycles. The van der Waals surface area contributed by atoms with Crippen LogP contribution in [0, 0.1) is 11.3 Å². The van der Waals surface area contributed by atoms with Gasteiger partial charge in [-0.25, -0.2) is 0 Å². The van der Waals surface area contributed by atoms with Crippen LogP contribution >= 0.6 is 12.2 Å². The van der Waals surface area contributed by atoms with E-state index < -0.39 is 22.8 Å². The predicted molar refractivity (Wildman–Crippen MR) is 217 cm³/mol. The van der Waals surface area contributed by atoms with Crippen molar-refractivity contribution in [3.63, 3.8) is 0 Å². The molecule has 2 aromatic carbocycles. The van der Waals surface area contributed by atoms with Gasteiger partial charge in [0, 0.05) is 33.1 Å². The van der Waals surface area contributed by atoms with Gasteiger partial charge in [-0.3, -0.25) is 34.3 Å². The van der Waals surface area contributed by atoms with Crippen LogP contribution in [0.15, 0.2) is 42.5 Å². The summed E-state index contributed by atoms with van der Waals surface area (Å²) in [5.74, 6) is -1.12.